The molecule has 0 spiro atoms. The number of nitrogens with zero attached hydrogens (tertiary/aromatic N) is 3. The lowest BCUT2D eigenvalue weighted by atomic mass is 10.1. The van der Waals surface area contributed by atoms with E-state index < -0.39 is 0 Å². The fourth-order valence-electron chi connectivity index (χ4n) is 4.32. The third-order valence-electron chi connectivity index (χ3n) is 5.57. The van der Waals surface area contributed by atoms with Gasteiger partial charge in [0.15, 0.2) is 5.82 Å². The molecule has 1 aliphatic heterocycles. The lowest BCUT2D eigenvalue weighted by Crippen LogP contribution is -2.18. The summed E-state index contributed by atoms with van der Waals surface area (Å²) in [7, 11) is 0. The van der Waals surface area contributed by atoms with Gasteiger partial charge < -0.3 is 14.5 Å². The summed E-state index contributed by atoms with van der Waals surface area (Å²) < 4.78 is 4.82. The Kier molecular flexibility index (Phi) is 3.83. The number of fused-ring (bicyclic) bond motifs is 1. The van der Waals surface area contributed by atoms with Crippen molar-refractivity contribution in [3.63, 3.8) is 0 Å². The first-order valence-electron chi connectivity index (χ1n) is 10.1. The van der Waals surface area contributed by atoms with Gasteiger partial charge in [-0.25, -0.2) is 4.98 Å². The number of nitrogens with one attached hydrogen (secondary N) is 1. The zero-order valence-electron chi connectivity index (χ0n) is 16.8. The Morgan fingerprint density at radius 3 is 2.82 bits per heavy atom. The second-order valence-electron chi connectivity index (χ2n) is 8.28. The van der Waals surface area contributed by atoms with Gasteiger partial charge in [-0.1, -0.05) is 44.2 Å². The Morgan fingerprint density at radius 2 is 2.04 bits per heavy atom. The lowest BCUT2D eigenvalue weighted by molar-refractivity contribution is 0.536. The summed E-state index contributed by atoms with van der Waals surface area (Å²) in [6, 6.07) is 15.3. The van der Waals surface area contributed by atoms with Crippen molar-refractivity contribution >= 4 is 33.2 Å². The molecular weight excluding hydrogens is 344 g/mol. The average Bonchev–Trinajstić information content (AvgIpc) is 3.21. The molecule has 0 saturated carbocycles. The third-order valence-corrected chi connectivity index (χ3v) is 5.57. The maximum atomic E-state index is 5.12. The highest BCUT2D eigenvalue weighted by atomic mass is 15.2. The molecule has 0 saturated heterocycles. The smallest absolute Gasteiger partial charge is 0.157 e. The minimum atomic E-state index is 0.563. The van der Waals surface area contributed by atoms with Gasteiger partial charge in [0.05, 0.1) is 22.4 Å². The largest absolute Gasteiger partial charge is 0.381 e. The fraction of sp³-hybridized carbons (Fsp3) is 0.292. The fourth-order valence-corrected chi connectivity index (χ4v) is 4.32. The van der Waals surface area contributed by atoms with Crippen LogP contribution in [0.5, 0.6) is 0 Å². The van der Waals surface area contributed by atoms with Crippen molar-refractivity contribution in [2.75, 3.05) is 11.9 Å². The number of aromatic nitrogens is 3. The Bertz CT molecular complexity index is 1220. The zero-order chi connectivity index (χ0) is 19.4. The molecule has 0 radical (unpaired) electrons. The van der Waals surface area contributed by atoms with Gasteiger partial charge in [-0.15, -0.1) is 0 Å². The van der Waals surface area contributed by atoms with Crippen LogP contribution in [0.25, 0.3) is 39.0 Å². The van der Waals surface area contributed by atoms with Crippen molar-refractivity contribution in [2.24, 2.45) is 5.92 Å². The van der Waals surface area contributed by atoms with E-state index in [1.54, 1.807) is 0 Å². The Morgan fingerprint density at radius 1 is 1.21 bits per heavy atom. The molecule has 3 heterocycles. The van der Waals surface area contributed by atoms with Crippen LogP contribution in [0.2, 0.25) is 0 Å². The van der Waals surface area contributed by atoms with Crippen LogP contribution >= 0.6 is 0 Å². The molecule has 4 aromatic rings. The molecule has 5 rings (SSSR count). The van der Waals surface area contributed by atoms with E-state index in [9.17, 15) is 0 Å². The molecule has 28 heavy (non-hydrogen) atoms. The van der Waals surface area contributed by atoms with E-state index in [1.807, 2.05) is 0 Å². The van der Waals surface area contributed by atoms with E-state index in [2.05, 4.69) is 84.3 Å². The summed E-state index contributed by atoms with van der Waals surface area (Å²) in [6.45, 7) is 13.5. The van der Waals surface area contributed by atoms with Gasteiger partial charge >= 0.3 is 0 Å². The van der Waals surface area contributed by atoms with E-state index >= 15 is 0 Å². The number of anilines is 1. The molecule has 2 aromatic heterocycles. The summed E-state index contributed by atoms with van der Waals surface area (Å²) in [5.41, 5.74) is 8.10. The van der Waals surface area contributed by atoms with E-state index in [4.69, 9.17) is 4.98 Å². The molecule has 0 amide bonds. The monoisotopic (exact) mass is 370 g/mol. The van der Waals surface area contributed by atoms with Gasteiger partial charge in [-0.3, -0.25) is 0 Å². The highest BCUT2D eigenvalue weighted by Crippen LogP contribution is 2.36. The SMILES string of the molecule is C=C(C)c1cc2c3c(c1)nc(-c1cc4ccccc4n1CC(C)C)n3CCN2. The topological polar surface area (TPSA) is 34.8 Å². The van der Waals surface area contributed by atoms with Gasteiger partial charge in [-0.05, 0) is 42.7 Å². The van der Waals surface area contributed by atoms with Crippen LogP contribution in [0.15, 0.2) is 49.0 Å². The predicted molar refractivity (Wildman–Crippen MR) is 119 cm³/mol. The van der Waals surface area contributed by atoms with Crippen molar-refractivity contribution in [2.45, 2.75) is 33.9 Å². The van der Waals surface area contributed by atoms with Gasteiger partial charge in [0.2, 0.25) is 0 Å². The molecule has 0 atom stereocenters. The number of rotatable bonds is 4. The van der Waals surface area contributed by atoms with Crippen LogP contribution in [0.4, 0.5) is 5.69 Å². The molecule has 4 nitrogen and oxygen atoms in total. The van der Waals surface area contributed by atoms with Gasteiger partial charge in [0, 0.05) is 30.5 Å². The third kappa shape index (κ3) is 2.55. The number of allylic oxidation sites excluding steroid dienone is 1. The number of para-hydroxylation sites is 1. The van der Waals surface area contributed by atoms with Crippen LogP contribution in [0.1, 0.15) is 26.3 Å². The molecule has 1 N–H and O–H groups in total. The quantitative estimate of drug-likeness (QED) is 0.495. The first-order valence-corrected chi connectivity index (χ1v) is 10.1. The Labute approximate surface area is 165 Å². The molecule has 0 bridgehead atoms. The average molecular weight is 371 g/mol. The van der Waals surface area contributed by atoms with Gasteiger partial charge in [0.25, 0.3) is 0 Å². The van der Waals surface area contributed by atoms with Crippen LogP contribution in [-0.4, -0.2) is 20.7 Å². The highest BCUT2D eigenvalue weighted by Gasteiger charge is 2.23. The van der Waals surface area contributed by atoms with Gasteiger partial charge in [0.1, 0.15) is 0 Å². The molecule has 0 fully saturated rings. The zero-order valence-corrected chi connectivity index (χ0v) is 16.8. The van der Waals surface area contributed by atoms with Crippen LogP contribution in [0.3, 0.4) is 0 Å². The standard InChI is InChI=1S/C24H26N4/c1-15(2)14-28-21-8-6-5-7-17(21)13-22(28)24-26-20-12-18(16(3)4)11-19-23(20)27(24)10-9-25-19/h5-8,11-13,15,25H,3,9-10,14H2,1-2,4H3. The van der Waals surface area contributed by atoms with Crippen LogP contribution < -0.4 is 5.32 Å². The summed E-state index contributed by atoms with van der Waals surface area (Å²) >= 11 is 0. The van der Waals surface area contributed by atoms with Crippen molar-refractivity contribution < 1.29 is 0 Å². The summed E-state index contributed by atoms with van der Waals surface area (Å²) in [5.74, 6) is 1.63. The number of hydrogen-bond donors (Lipinski definition) is 1. The van der Waals surface area contributed by atoms with Crippen molar-refractivity contribution in [3.05, 3.63) is 54.6 Å². The lowest BCUT2D eigenvalue weighted by Gasteiger charge is -2.20. The van der Waals surface area contributed by atoms with Crippen LogP contribution in [-0.2, 0) is 13.1 Å². The second kappa shape index (κ2) is 6.26. The van der Waals surface area contributed by atoms with E-state index in [0.29, 0.717) is 5.92 Å². The van der Waals surface area contributed by atoms with Crippen molar-refractivity contribution in [1.29, 1.82) is 0 Å². The molecular formula is C24H26N4. The van der Waals surface area contributed by atoms with E-state index in [1.165, 1.54) is 22.1 Å². The molecule has 142 valence electrons. The summed E-state index contributed by atoms with van der Waals surface area (Å²) in [6.07, 6.45) is 0. The second-order valence-corrected chi connectivity index (χ2v) is 8.28. The maximum absolute atomic E-state index is 5.12. The summed E-state index contributed by atoms with van der Waals surface area (Å²) in [5, 5.41) is 4.82. The maximum Gasteiger partial charge on any atom is 0.157 e. The van der Waals surface area contributed by atoms with E-state index in [0.717, 1.165) is 47.8 Å². The number of imidazole rings is 1. The Balaban J connectivity index is 1.81. The summed E-state index contributed by atoms with van der Waals surface area (Å²) in [4.78, 5) is 5.12. The molecule has 0 aliphatic carbocycles. The molecule has 0 unspecified atom stereocenters. The molecule has 2 aromatic carbocycles. The first kappa shape index (κ1) is 17.1. The minimum absolute atomic E-state index is 0.563. The normalized spacial score (nSPS) is 13.4. The molecule has 1 aliphatic rings. The first-order chi connectivity index (χ1) is 13.5. The molecule has 4 heteroatoms. The number of benzene rings is 2. The minimum Gasteiger partial charge on any atom is -0.381 e. The van der Waals surface area contributed by atoms with Crippen LogP contribution in [0, 0.1) is 5.92 Å². The van der Waals surface area contributed by atoms with Crippen molar-refractivity contribution in [3.8, 4) is 11.5 Å². The number of hydrogen-bond acceptors (Lipinski definition) is 2. The van der Waals surface area contributed by atoms with Crippen molar-refractivity contribution in [1.82, 2.24) is 14.1 Å². The predicted octanol–water partition coefficient (Wildman–Crippen LogP) is 5.77. The van der Waals surface area contributed by atoms with E-state index in [-0.39, 0.29) is 0 Å². The highest BCUT2D eigenvalue weighted by molar-refractivity contribution is 5.96. The van der Waals surface area contributed by atoms with Gasteiger partial charge in [-0.2, -0.15) is 0 Å². The Hall–Kier alpha value is -3.01.